The first kappa shape index (κ1) is 12.9. The van der Waals surface area contributed by atoms with E-state index >= 15 is 0 Å². The van der Waals surface area contributed by atoms with Crippen molar-refractivity contribution < 1.29 is 15.3 Å². The van der Waals surface area contributed by atoms with Gasteiger partial charge in [0.1, 0.15) is 6.23 Å². The van der Waals surface area contributed by atoms with Gasteiger partial charge in [-0.2, -0.15) is 0 Å². The zero-order valence-electron chi connectivity index (χ0n) is 10.1. The summed E-state index contributed by atoms with van der Waals surface area (Å²) in [4.78, 5) is 1.86. The Kier molecular flexibility index (Phi) is 3.45. The van der Waals surface area contributed by atoms with Crippen LogP contribution in [0.2, 0.25) is 0 Å². The molecule has 90 valence electrons. The van der Waals surface area contributed by atoms with E-state index in [0.717, 1.165) is 0 Å². The van der Waals surface area contributed by atoms with Gasteiger partial charge >= 0.3 is 0 Å². The van der Waals surface area contributed by atoms with Crippen molar-refractivity contribution in [3.8, 4) is 0 Å². The molecule has 0 aliphatic carbocycles. The minimum atomic E-state index is -0.671. The molecule has 0 spiro atoms. The molecular weight excluding hydrogens is 194 g/mol. The molecule has 0 aromatic carbocycles. The molecule has 3 N–H and O–H groups in total. The average Bonchev–Trinajstić information content (AvgIpc) is 2.11. The number of aliphatic hydroxyl groups is 3. The Balaban J connectivity index is 2.98. The van der Waals surface area contributed by atoms with Crippen LogP contribution in [-0.4, -0.2) is 51.2 Å². The second-order valence-electron chi connectivity index (χ2n) is 5.43. The van der Waals surface area contributed by atoms with Crippen LogP contribution in [0.15, 0.2) is 0 Å². The van der Waals surface area contributed by atoms with Crippen LogP contribution in [-0.2, 0) is 0 Å². The van der Waals surface area contributed by atoms with Crippen LogP contribution in [0.1, 0.15) is 34.1 Å². The highest BCUT2D eigenvalue weighted by atomic mass is 16.3. The van der Waals surface area contributed by atoms with Crippen molar-refractivity contribution in [1.82, 2.24) is 4.90 Å². The van der Waals surface area contributed by atoms with Crippen molar-refractivity contribution in [3.63, 3.8) is 0 Å². The van der Waals surface area contributed by atoms with Crippen LogP contribution in [0.25, 0.3) is 0 Å². The highest BCUT2D eigenvalue weighted by Crippen LogP contribution is 2.44. The number of aliphatic hydroxyl groups excluding tert-OH is 3. The van der Waals surface area contributed by atoms with Gasteiger partial charge in [0.2, 0.25) is 0 Å². The minimum absolute atomic E-state index is 0.0205. The molecule has 1 heterocycles. The summed E-state index contributed by atoms with van der Waals surface area (Å²) in [6, 6.07) is 0. The first-order valence-electron chi connectivity index (χ1n) is 5.49. The minimum Gasteiger partial charge on any atom is -0.395 e. The van der Waals surface area contributed by atoms with E-state index in [0.29, 0.717) is 13.0 Å². The summed E-state index contributed by atoms with van der Waals surface area (Å²) in [6.45, 7) is 8.43. The lowest BCUT2D eigenvalue weighted by Gasteiger charge is -2.57. The quantitative estimate of drug-likeness (QED) is 0.617. The summed E-state index contributed by atoms with van der Waals surface area (Å²) in [5.74, 6) is 0. The highest BCUT2D eigenvalue weighted by molar-refractivity contribution is 5.04. The van der Waals surface area contributed by atoms with Crippen LogP contribution in [0.5, 0.6) is 0 Å². The van der Waals surface area contributed by atoms with E-state index in [1.807, 2.05) is 32.6 Å². The fourth-order valence-corrected chi connectivity index (χ4v) is 2.31. The van der Waals surface area contributed by atoms with E-state index in [9.17, 15) is 10.2 Å². The lowest BCUT2D eigenvalue weighted by atomic mass is 9.65. The van der Waals surface area contributed by atoms with E-state index in [1.165, 1.54) is 0 Å². The van der Waals surface area contributed by atoms with Gasteiger partial charge in [-0.05, 0) is 13.8 Å². The van der Waals surface area contributed by atoms with Gasteiger partial charge in [0.25, 0.3) is 0 Å². The molecule has 2 unspecified atom stereocenters. The number of β-amino-alcohol motifs (C(OH)–C–C–N with tert-alkyl or cyclic N) is 1. The maximum absolute atomic E-state index is 9.98. The molecule has 1 fully saturated rings. The van der Waals surface area contributed by atoms with Gasteiger partial charge < -0.3 is 15.3 Å². The number of likely N-dealkylation sites (tertiary alicyclic amines) is 1. The first-order valence-corrected chi connectivity index (χ1v) is 5.49. The highest BCUT2D eigenvalue weighted by Gasteiger charge is 2.52. The van der Waals surface area contributed by atoms with Crippen molar-refractivity contribution >= 4 is 0 Å². The SMILES string of the molecule is CC1(C)C(O)CC(O)N(CCO)C1(C)C. The topological polar surface area (TPSA) is 63.9 Å². The van der Waals surface area contributed by atoms with Gasteiger partial charge in [0.05, 0.1) is 12.7 Å². The Morgan fingerprint density at radius 3 is 2.20 bits per heavy atom. The molecule has 0 aromatic heterocycles. The Hall–Kier alpha value is -0.160. The summed E-state index contributed by atoms with van der Waals surface area (Å²) >= 11 is 0. The van der Waals surface area contributed by atoms with E-state index < -0.39 is 12.3 Å². The fraction of sp³-hybridized carbons (Fsp3) is 1.00. The molecule has 1 saturated heterocycles. The molecule has 4 nitrogen and oxygen atoms in total. The number of nitrogens with zero attached hydrogens (tertiary/aromatic N) is 1. The predicted molar refractivity (Wildman–Crippen MR) is 58.3 cm³/mol. The number of hydrogen-bond acceptors (Lipinski definition) is 4. The molecule has 1 rings (SSSR count). The standard InChI is InChI=1S/C11H23NO3/c1-10(2)8(14)7-9(15)12(5-6-13)11(10,3)4/h8-9,13-15H,5-7H2,1-4H3. The Morgan fingerprint density at radius 2 is 1.73 bits per heavy atom. The average molecular weight is 217 g/mol. The second kappa shape index (κ2) is 4.01. The summed E-state index contributed by atoms with van der Waals surface area (Å²) in [5, 5.41) is 28.9. The number of piperidine rings is 1. The first-order chi connectivity index (χ1) is 6.75. The van der Waals surface area contributed by atoms with Gasteiger partial charge in [0.15, 0.2) is 0 Å². The monoisotopic (exact) mass is 217 g/mol. The molecule has 0 radical (unpaired) electrons. The van der Waals surface area contributed by atoms with E-state index in [1.54, 1.807) is 0 Å². The van der Waals surface area contributed by atoms with Crippen molar-refractivity contribution in [2.45, 2.75) is 52.0 Å². The Morgan fingerprint density at radius 1 is 1.20 bits per heavy atom. The van der Waals surface area contributed by atoms with Crippen LogP contribution in [0.3, 0.4) is 0 Å². The van der Waals surface area contributed by atoms with Gasteiger partial charge in [0, 0.05) is 23.9 Å². The number of hydrogen-bond donors (Lipinski definition) is 3. The van der Waals surface area contributed by atoms with E-state index in [4.69, 9.17) is 5.11 Å². The third-order valence-corrected chi connectivity index (χ3v) is 4.26. The van der Waals surface area contributed by atoms with Crippen molar-refractivity contribution in [2.24, 2.45) is 5.41 Å². The molecule has 2 atom stereocenters. The molecule has 1 aliphatic heterocycles. The van der Waals surface area contributed by atoms with Crippen molar-refractivity contribution in [3.05, 3.63) is 0 Å². The maximum atomic E-state index is 9.98. The van der Waals surface area contributed by atoms with Crippen LogP contribution < -0.4 is 0 Å². The van der Waals surface area contributed by atoms with E-state index in [-0.39, 0.29) is 17.6 Å². The van der Waals surface area contributed by atoms with Gasteiger partial charge in [-0.25, -0.2) is 0 Å². The molecule has 0 bridgehead atoms. The van der Waals surface area contributed by atoms with Crippen molar-refractivity contribution in [1.29, 1.82) is 0 Å². The molecule has 4 heteroatoms. The number of rotatable bonds is 2. The Bertz CT molecular complexity index is 228. The largest absolute Gasteiger partial charge is 0.395 e. The lowest BCUT2D eigenvalue weighted by molar-refractivity contribution is -0.195. The summed E-state index contributed by atoms with van der Waals surface area (Å²) in [6.07, 6.45) is -0.844. The zero-order chi connectivity index (χ0) is 11.9. The third kappa shape index (κ3) is 1.91. The second-order valence-corrected chi connectivity index (χ2v) is 5.43. The molecule has 1 aliphatic rings. The molecule has 0 aromatic rings. The Labute approximate surface area is 91.5 Å². The molecular formula is C11H23NO3. The van der Waals surface area contributed by atoms with Crippen LogP contribution >= 0.6 is 0 Å². The molecule has 0 saturated carbocycles. The smallest absolute Gasteiger partial charge is 0.110 e. The van der Waals surface area contributed by atoms with Crippen LogP contribution in [0, 0.1) is 5.41 Å². The lowest BCUT2D eigenvalue weighted by Crippen LogP contribution is -2.66. The van der Waals surface area contributed by atoms with Gasteiger partial charge in [-0.15, -0.1) is 0 Å². The maximum Gasteiger partial charge on any atom is 0.110 e. The van der Waals surface area contributed by atoms with E-state index in [2.05, 4.69) is 0 Å². The molecule has 15 heavy (non-hydrogen) atoms. The summed E-state index contributed by atoms with van der Waals surface area (Å²) < 4.78 is 0. The summed E-state index contributed by atoms with van der Waals surface area (Å²) in [5.41, 5.74) is -0.645. The predicted octanol–water partition coefficient (Wildman–Crippen LogP) is 0.168. The molecule has 0 amide bonds. The summed E-state index contributed by atoms with van der Waals surface area (Å²) in [7, 11) is 0. The normalized spacial score (nSPS) is 35.4. The zero-order valence-corrected chi connectivity index (χ0v) is 10.1. The van der Waals surface area contributed by atoms with Crippen LogP contribution in [0.4, 0.5) is 0 Å². The van der Waals surface area contributed by atoms with Gasteiger partial charge in [-0.3, -0.25) is 4.90 Å². The van der Waals surface area contributed by atoms with Crippen molar-refractivity contribution in [2.75, 3.05) is 13.2 Å². The fourth-order valence-electron chi connectivity index (χ4n) is 2.31. The van der Waals surface area contributed by atoms with Gasteiger partial charge in [-0.1, -0.05) is 13.8 Å². The third-order valence-electron chi connectivity index (χ3n) is 4.26.